The predicted molar refractivity (Wildman–Crippen MR) is 75.4 cm³/mol. The van der Waals surface area contributed by atoms with Gasteiger partial charge in [-0.3, -0.25) is 0 Å². The second kappa shape index (κ2) is 5.44. The summed E-state index contributed by atoms with van der Waals surface area (Å²) in [5.41, 5.74) is 2.50. The molecule has 0 aliphatic heterocycles. The molecule has 0 bridgehead atoms. The van der Waals surface area contributed by atoms with Crippen molar-refractivity contribution in [1.29, 1.82) is 10.5 Å². The van der Waals surface area contributed by atoms with Gasteiger partial charge in [-0.15, -0.1) is 0 Å². The van der Waals surface area contributed by atoms with Crippen molar-refractivity contribution in [1.82, 2.24) is 0 Å². The lowest BCUT2D eigenvalue weighted by Gasteiger charge is -2.21. The molecule has 0 radical (unpaired) electrons. The number of nitriles is 2. The lowest BCUT2D eigenvalue weighted by Crippen LogP contribution is -2.12. The van der Waals surface area contributed by atoms with E-state index in [0.717, 1.165) is 11.4 Å². The van der Waals surface area contributed by atoms with Gasteiger partial charge in [-0.25, -0.2) is 0 Å². The molecule has 2 rings (SSSR count). The van der Waals surface area contributed by atoms with Crippen molar-refractivity contribution in [3.05, 3.63) is 58.6 Å². The largest absolute Gasteiger partial charge is 0.342 e. The van der Waals surface area contributed by atoms with Crippen LogP contribution in [0.25, 0.3) is 0 Å². The number of benzene rings is 2. The molecule has 0 aliphatic rings. The topological polar surface area (TPSA) is 50.8 Å². The summed E-state index contributed by atoms with van der Waals surface area (Å²) in [5, 5.41) is 18.8. The molecule has 0 atom stereocenters. The Morgan fingerprint density at radius 1 is 0.947 bits per heavy atom. The fourth-order valence-corrected chi connectivity index (χ4v) is 2.05. The zero-order valence-electron chi connectivity index (χ0n) is 10.3. The quantitative estimate of drug-likeness (QED) is 0.830. The second-order valence-electron chi connectivity index (χ2n) is 3.96. The minimum absolute atomic E-state index is 0.475. The van der Waals surface area contributed by atoms with E-state index < -0.39 is 0 Å². The molecule has 2 aromatic carbocycles. The maximum atomic E-state index is 9.16. The van der Waals surface area contributed by atoms with Crippen LogP contribution < -0.4 is 4.90 Å². The molecule has 0 fully saturated rings. The highest BCUT2D eigenvalue weighted by Gasteiger charge is 2.12. The molecule has 0 heterocycles. The number of rotatable bonds is 2. The van der Waals surface area contributed by atoms with Gasteiger partial charge in [0.2, 0.25) is 0 Å². The minimum Gasteiger partial charge on any atom is -0.342 e. The lowest BCUT2D eigenvalue weighted by molar-refractivity contribution is 1.19. The molecule has 0 saturated heterocycles. The third-order valence-corrected chi connectivity index (χ3v) is 3.06. The number of nitrogens with zero attached hydrogens (tertiary/aromatic N) is 3. The number of halogens is 1. The summed E-state index contributed by atoms with van der Waals surface area (Å²) in [6.45, 7) is 0. The Hall–Kier alpha value is -2.49. The van der Waals surface area contributed by atoms with Crippen molar-refractivity contribution in [3.8, 4) is 12.1 Å². The lowest BCUT2D eigenvalue weighted by atomic mass is 10.1. The first-order valence-corrected chi connectivity index (χ1v) is 5.97. The summed E-state index contributed by atoms with van der Waals surface area (Å²) < 4.78 is 0. The Balaban J connectivity index is 2.54. The molecule has 0 saturated carbocycles. The van der Waals surface area contributed by atoms with Crippen molar-refractivity contribution >= 4 is 23.0 Å². The molecule has 3 nitrogen and oxygen atoms in total. The summed E-state index contributed by atoms with van der Waals surface area (Å²) in [6.07, 6.45) is 0. The molecule has 2 aromatic rings. The highest BCUT2D eigenvalue weighted by Crippen LogP contribution is 2.30. The Kier molecular flexibility index (Phi) is 3.71. The molecule has 92 valence electrons. The summed E-state index contributed by atoms with van der Waals surface area (Å²) >= 11 is 5.88. The number of hydrogen-bond acceptors (Lipinski definition) is 3. The Labute approximate surface area is 116 Å². The van der Waals surface area contributed by atoms with Crippen LogP contribution in [0.4, 0.5) is 11.4 Å². The van der Waals surface area contributed by atoms with Gasteiger partial charge in [-0.05, 0) is 30.3 Å². The minimum atomic E-state index is 0.475. The van der Waals surface area contributed by atoms with E-state index >= 15 is 0 Å². The van der Waals surface area contributed by atoms with Gasteiger partial charge in [0.1, 0.15) is 12.1 Å². The summed E-state index contributed by atoms with van der Waals surface area (Å²) in [7, 11) is 1.82. The van der Waals surface area contributed by atoms with E-state index in [9.17, 15) is 0 Å². The van der Waals surface area contributed by atoms with E-state index in [1.807, 2.05) is 30.1 Å². The van der Waals surface area contributed by atoms with Gasteiger partial charge < -0.3 is 4.90 Å². The SMILES string of the molecule is CN(c1ccccc1C#N)c1ccc(Cl)cc1C#N. The number of para-hydroxylation sites is 1. The molecule has 0 amide bonds. The average Bonchev–Trinajstić information content (AvgIpc) is 2.46. The van der Waals surface area contributed by atoms with Crippen LogP contribution >= 0.6 is 11.6 Å². The molecule has 0 spiro atoms. The first kappa shape index (κ1) is 13.0. The van der Waals surface area contributed by atoms with Gasteiger partial charge in [0.05, 0.1) is 22.5 Å². The number of anilines is 2. The van der Waals surface area contributed by atoms with Gasteiger partial charge >= 0.3 is 0 Å². The first-order chi connectivity index (χ1) is 9.17. The molecule has 0 aliphatic carbocycles. The van der Waals surface area contributed by atoms with Crippen molar-refractivity contribution in [2.75, 3.05) is 11.9 Å². The molecular formula is C15H10ClN3. The summed E-state index contributed by atoms with van der Waals surface area (Å²) in [4.78, 5) is 1.81. The average molecular weight is 268 g/mol. The molecule has 19 heavy (non-hydrogen) atoms. The van der Waals surface area contributed by atoms with E-state index in [1.165, 1.54) is 0 Å². The van der Waals surface area contributed by atoms with E-state index in [0.29, 0.717) is 16.1 Å². The standard InChI is InChI=1S/C15H10ClN3/c1-19(14-5-3-2-4-11(14)9-17)15-7-6-13(16)8-12(15)10-18/h2-8H,1H3. The van der Waals surface area contributed by atoms with Gasteiger partial charge in [0, 0.05) is 12.1 Å². The molecule has 0 N–H and O–H groups in total. The highest BCUT2D eigenvalue weighted by molar-refractivity contribution is 6.30. The van der Waals surface area contributed by atoms with Crippen LogP contribution in [0.2, 0.25) is 5.02 Å². The molecular weight excluding hydrogens is 258 g/mol. The molecule has 0 aromatic heterocycles. The van der Waals surface area contributed by atoms with Crippen LogP contribution in [-0.2, 0) is 0 Å². The Bertz CT molecular complexity index is 695. The van der Waals surface area contributed by atoms with E-state index in [-0.39, 0.29) is 0 Å². The Morgan fingerprint density at radius 3 is 2.26 bits per heavy atom. The van der Waals surface area contributed by atoms with Crippen LogP contribution in [0.3, 0.4) is 0 Å². The smallest absolute Gasteiger partial charge is 0.101 e. The van der Waals surface area contributed by atoms with E-state index in [1.54, 1.807) is 24.3 Å². The van der Waals surface area contributed by atoms with Crippen molar-refractivity contribution < 1.29 is 0 Å². The van der Waals surface area contributed by atoms with Crippen LogP contribution in [-0.4, -0.2) is 7.05 Å². The third kappa shape index (κ3) is 2.52. The van der Waals surface area contributed by atoms with E-state index in [2.05, 4.69) is 12.1 Å². The fourth-order valence-electron chi connectivity index (χ4n) is 1.88. The Morgan fingerprint density at radius 2 is 1.58 bits per heavy atom. The van der Waals surface area contributed by atoms with Crippen molar-refractivity contribution in [2.24, 2.45) is 0 Å². The zero-order valence-corrected chi connectivity index (χ0v) is 11.0. The van der Waals surface area contributed by atoms with Gasteiger partial charge in [0.15, 0.2) is 0 Å². The highest BCUT2D eigenvalue weighted by atomic mass is 35.5. The zero-order chi connectivity index (χ0) is 13.8. The summed E-state index contributed by atoms with van der Waals surface area (Å²) in [5.74, 6) is 0. The molecule has 4 heteroatoms. The monoisotopic (exact) mass is 267 g/mol. The van der Waals surface area contributed by atoms with Crippen LogP contribution in [0, 0.1) is 22.7 Å². The first-order valence-electron chi connectivity index (χ1n) is 5.60. The normalized spacial score (nSPS) is 9.47. The van der Waals surface area contributed by atoms with E-state index in [4.69, 9.17) is 22.1 Å². The third-order valence-electron chi connectivity index (χ3n) is 2.83. The number of hydrogen-bond donors (Lipinski definition) is 0. The van der Waals surface area contributed by atoms with Crippen LogP contribution in [0.1, 0.15) is 11.1 Å². The van der Waals surface area contributed by atoms with Gasteiger partial charge in [-0.2, -0.15) is 10.5 Å². The van der Waals surface area contributed by atoms with Crippen LogP contribution in [0.15, 0.2) is 42.5 Å². The van der Waals surface area contributed by atoms with Gasteiger partial charge in [0.25, 0.3) is 0 Å². The van der Waals surface area contributed by atoms with Gasteiger partial charge in [-0.1, -0.05) is 23.7 Å². The van der Waals surface area contributed by atoms with Crippen molar-refractivity contribution in [3.63, 3.8) is 0 Å². The maximum absolute atomic E-state index is 9.16. The van der Waals surface area contributed by atoms with Crippen molar-refractivity contribution in [2.45, 2.75) is 0 Å². The van der Waals surface area contributed by atoms with Crippen LogP contribution in [0.5, 0.6) is 0 Å². The molecule has 0 unspecified atom stereocenters. The summed E-state index contributed by atoms with van der Waals surface area (Å²) in [6, 6.07) is 16.6. The predicted octanol–water partition coefficient (Wildman–Crippen LogP) is 3.85. The fraction of sp³-hybridized carbons (Fsp3) is 0.0667. The maximum Gasteiger partial charge on any atom is 0.101 e. The second-order valence-corrected chi connectivity index (χ2v) is 4.40.